The Hall–Kier alpha value is -1.27. The van der Waals surface area contributed by atoms with Crippen molar-refractivity contribution in [2.45, 2.75) is 64.3 Å². The minimum atomic E-state index is -3.63. The number of hydrogen-bond donors (Lipinski definition) is 0. The van der Waals surface area contributed by atoms with Crippen molar-refractivity contribution in [3.63, 3.8) is 0 Å². The number of methoxy groups -OCH3 is 1. The Bertz CT molecular complexity index is 978. The van der Waals surface area contributed by atoms with Crippen molar-refractivity contribution < 1.29 is 31.6 Å². The molecule has 0 amide bonds. The van der Waals surface area contributed by atoms with E-state index < -0.39 is 33.7 Å². The second-order valence-electron chi connectivity index (χ2n) is 9.62. The van der Waals surface area contributed by atoms with Crippen molar-refractivity contribution >= 4 is 38.7 Å². The quantitative estimate of drug-likeness (QED) is 0.177. The SMILES string of the molecule is COC1C=CC(COC(CCc2ccc(I)cc2)C(CCOS(C)(=O)=O)C(=O)OC(C)(C)C)=CC1. The molecule has 9 heteroatoms. The first-order chi connectivity index (χ1) is 16.4. The van der Waals surface area contributed by atoms with E-state index in [1.54, 1.807) is 27.9 Å². The first kappa shape index (κ1) is 30.0. The average molecular weight is 621 g/mol. The molecule has 0 aromatic heterocycles. The number of ether oxygens (including phenoxy) is 3. The molecule has 3 unspecified atom stereocenters. The lowest BCUT2D eigenvalue weighted by atomic mass is 9.93. The van der Waals surface area contributed by atoms with Crippen LogP contribution in [0, 0.1) is 9.49 Å². The molecule has 2 rings (SSSR count). The third kappa shape index (κ3) is 12.0. The summed E-state index contributed by atoms with van der Waals surface area (Å²) in [6.45, 7) is 5.63. The van der Waals surface area contributed by atoms with Gasteiger partial charge in [-0.3, -0.25) is 8.98 Å². The van der Waals surface area contributed by atoms with E-state index in [9.17, 15) is 13.2 Å². The summed E-state index contributed by atoms with van der Waals surface area (Å²) in [7, 11) is -1.95. The van der Waals surface area contributed by atoms with Gasteiger partial charge in [0.25, 0.3) is 10.1 Å². The summed E-state index contributed by atoms with van der Waals surface area (Å²) < 4.78 is 46.5. The fraction of sp³-hybridized carbons (Fsp3) is 0.577. The van der Waals surface area contributed by atoms with Crippen molar-refractivity contribution in [2.75, 3.05) is 26.6 Å². The normalized spacial score (nSPS) is 18.1. The van der Waals surface area contributed by atoms with Crippen molar-refractivity contribution in [1.29, 1.82) is 0 Å². The molecule has 196 valence electrons. The first-order valence-corrected chi connectivity index (χ1v) is 14.6. The molecule has 0 saturated carbocycles. The molecule has 0 bridgehead atoms. The van der Waals surface area contributed by atoms with Crippen LogP contribution in [0.2, 0.25) is 0 Å². The number of carbonyl (C=O) groups is 1. The van der Waals surface area contributed by atoms with Crippen molar-refractivity contribution in [3.8, 4) is 0 Å². The molecular weight excluding hydrogens is 583 g/mol. The Labute approximate surface area is 223 Å². The van der Waals surface area contributed by atoms with Crippen LogP contribution in [0.1, 0.15) is 45.6 Å². The van der Waals surface area contributed by atoms with E-state index in [0.29, 0.717) is 19.4 Å². The number of carbonyl (C=O) groups excluding carboxylic acids is 1. The van der Waals surface area contributed by atoms with Gasteiger partial charge in [0.1, 0.15) is 5.60 Å². The Balaban J connectivity index is 2.20. The van der Waals surface area contributed by atoms with Gasteiger partial charge in [-0.25, -0.2) is 0 Å². The van der Waals surface area contributed by atoms with Crippen LogP contribution in [0.3, 0.4) is 0 Å². The molecule has 1 aliphatic carbocycles. The van der Waals surface area contributed by atoms with Gasteiger partial charge in [0.05, 0.1) is 37.6 Å². The number of benzene rings is 1. The van der Waals surface area contributed by atoms with E-state index in [4.69, 9.17) is 18.4 Å². The summed E-state index contributed by atoms with van der Waals surface area (Å²) in [5.41, 5.74) is 1.46. The second-order valence-corrected chi connectivity index (χ2v) is 12.5. The molecule has 1 aromatic carbocycles. The molecule has 7 nitrogen and oxygen atoms in total. The van der Waals surface area contributed by atoms with Crippen LogP contribution in [0.5, 0.6) is 0 Å². The molecule has 0 spiro atoms. The van der Waals surface area contributed by atoms with Gasteiger partial charge in [-0.15, -0.1) is 0 Å². The Morgan fingerprint density at radius 2 is 1.86 bits per heavy atom. The molecule has 0 fully saturated rings. The number of rotatable bonds is 13. The Kier molecular flexibility index (Phi) is 11.9. The second kappa shape index (κ2) is 13.9. The van der Waals surface area contributed by atoms with E-state index in [1.807, 2.05) is 24.3 Å². The lowest BCUT2D eigenvalue weighted by Gasteiger charge is -2.30. The van der Waals surface area contributed by atoms with Crippen molar-refractivity contribution in [1.82, 2.24) is 0 Å². The zero-order valence-electron chi connectivity index (χ0n) is 21.2. The minimum Gasteiger partial charge on any atom is -0.460 e. The van der Waals surface area contributed by atoms with Gasteiger partial charge in [0.2, 0.25) is 0 Å². The first-order valence-electron chi connectivity index (χ1n) is 11.7. The minimum absolute atomic E-state index is 0.0538. The van der Waals surface area contributed by atoms with E-state index in [0.717, 1.165) is 27.4 Å². The molecule has 0 heterocycles. The summed E-state index contributed by atoms with van der Waals surface area (Å²) >= 11 is 2.26. The lowest BCUT2D eigenvalue weighted by Crippen LogP contribution is -2.38. The maximum Gasteiger partial charge on any atom is 0.312 e. The van der Waals surface area contributed by atoms with Gasteiger partial charge in [-0.05, 0) is 92.3 Å². The molecule has 35 heavy (non-hydrogen) atoms. The molecule has 1 aromatic rings. The number of hydrogen-bond acceptors (Lipinski definition) is 7. The predicted molar refractivity (Wildman–Crippen MR) is 145 cm³/mol. The fourth-order valence-electron chi connectivity index (χ4n) is 3.65. The third-order valence-electron chi connectivity index (χ3n) is 5.42. The predicted octanol–water partition coefficient (Wildman–Crippen LogP) is 4.83. The Morgan fingerprint density at radius 1 is 1.17 bits per heavy atom. The highest BCUT2D eigenvalue weighted by Crippen LogP contribution is 2.25. The van der Waals surface area contributed by atoms with Gasteiger partial charge >= 0.3 is 5.97 Å². The zero-order valence-corrected chi connectivity index (χ0v) is 24.1. The van der Waals surface area contributed by atoms with Gasteiger partial charge in [-0.1, -0.05) is 30.4 Å². The van der Waals surface area contributed by atoms with E-state index >= 15 is 0 Å². The topological polar surface area (TPSA) is 88.1 Å². The Morgan fingerprint density at radius 3 is 2.40 bits per heavy atom. The van der Waals surface area contributed by atoms with Gasteiger partial charge in [-0.2, -0.15) is 8.42 Å². The van der Waals surface area contributed by atoms with Crippen molar-refractivity contribution in [3.05, 3.63) is 57.2 Å². The van der Waals surface area contributed by atoms with Gasteiger partial charge in [0.15, 0.2) is 0 Å². The molecule has 0 radical (unpaired) electrons. The average Bonchev–Trinajstić information content (AvgIpc) is 2.77. The summed E-state index contributed by atoms with van der Waals surface area (Å²) in [4.78, 5) is 13.2. The molecule has 0 N–H and O–H groups in total. The standard InChI is InChI=1S/C26H37IO7S/c1-26(2,3)34-25(28)23(16-17-33-35(5,29)30)24(15-10-19-6-11-21(27)12-7-19)32-18-20-8-13-22(31-4)14-9-20/h6-9,11-13,22-24H,10,14-18H2,1-5H3. The lowest BCUT2D eigenvalue weighted by molar-refractivity contribution is -0.166. The maximum absolute atomic E-state index is 13.2. The molecule has 1 aliphatic rings. The largest absolute Gasteiger partial charge is 0.460 e. The number of aryl methyl sites for hydroxylation is 1. The highest BCUT2D eigenvalue weighted by Gasteiger charge is 2.33. The van der Waals surface area contributed by atoms with Crippen LogP contribution in [-0.2, 0) is 39.7 Å². The summed E-state index contributed by atoms with van der Waals surface area (Å²) in [5, 5.41) is 0. The highest BCUT2D eigenvalue weighted by molar-refractivity contribution is 14.1. The summed E-state index contributed by atoms with van der Waals surface area (Å²) in [6, 6.07) is 8.21. The van der Waals surface area contributed by atoms with Crippen LogP contribution < -0.4 is 0 Å². The summed E-state index contributed by atoms with van der Waals surface area (Å²) in [5.74, 6) is -1.10. The van der Waals surface area contributed by atoms with E-state index in [2.05, 4.69) is 40.8 Å². The van der Waals surface area contributed by atoms with Crippen LogP contribution in [0.15, 0.2) is 48.1 Å². The van der Waals surface area contributed by atoms with Crippen LogP contribution >= 0.6 is 22.6 Å². The molecule has 0 aliphatic heterocycles. The molecule has 3 atom stereocenters. The smallest absolute Gasteiger partial charge is 0.312 e. The van der Waals surface area contributed by atoms with E-state index in [1.165, 1.54) is 0 Å². The van der Waals surface area contributed by atoms with Gasteiger partial charge < -0.3 is 14.2 Å². The maximum atomic E-state index is 13.2. The fourth-order valence-corrected chi connectivity index (χ4v) is 4.41. The third-order valence-corrected chi connectivity index (χ3v) is 6.73. The van der Waals surface area contributed by atoms with Gasteiger partial charge in [0, 0.05) is 10.7 Å². The highest BCUT2D eigenvalue weighted by atomic mass is 127. The molecular formula is C26H37IO7S. The van der Waals surface area contributed by atoms with Crippen LogP contribution in [-0.4, -0.2) is 58.8 Å². The van der Waals surface area contributed by atoms with E-state index in [-0.39, 0.29) is 19.1 Å². The monoisotopic (exact) mass is 620 g/mol. The summed E-state index contributed by atoms with van der Waals surface area (Å²) in [6.07, 6.45) is 8.80. The molecule has 0 saturated heterocycles. The number of halogens is 1. The zero-order chi connectivity index (χ0) is 26.1. The van der Waals surface area contributed by atoms with Crippen LogP contribution in [0.25, 0.3) is 0 Å². The van der Waals surface area contributed by atoms with Crippen molar-refractivity contribution in [2.24, 2.45) is 5.92 Å². The van der Waals surface area contributed by atoms with Crippen LogP contribution in [0.4, 0.5) is 0 Å². The number of esters is 1.